The van der Waals surface area contributed by atoms with E-state index in [4.69, 9.17) is 11.6 Å². The molecule has 108 valence electrons. The summed E-state index contributed by atoms with van der Waals surface area (Å²) in [4.78, 5) is 26.4. The number of amides is 2. The first-order valence-corrected chi connectivity index (χ1v) is 8.06. The van der Waals surface area contributed by atoms with Gasteiger partial charge in [0.2, 0.25) is 5.91 Å². The second-order valence-electron chi connectivity index (χ2n) is 5.81. The smallest absolute Gasteiger partial charge is 0.265 e. The summed E-state index contributed by atoms with van der Waals surface area (Å²) in [6, 6.07) is 0. The van der Waals surface area contributed by atoms with Crippen LogP contribution in [0.5, 0.6) is 0 Å². The van der Waals surface area contributed by atoms with Gasteiger partial charge in [0.15, 0.2) is 0 Å². The van der Waals surface area contributed by atoms with Crippen LogP contribution in [0.25, 0.3) is 0 Å². The van der Waals surface area contributed by atoms with Gasteiger partial charge in [0.25, 0.3) is 5.91 Å². The van der Waals surface area contributed by atoms with Crippen LogP contribution >= 0.6 is 22.9 Å². The summed E-state index contributed by atoms with van der Waals surface area (Å²) in [5.41, 5.74) is 1.03. The van der Waals surface area contributed by atoms with Gasteiger partial charge in [0.05, 0.1) is 5.02 Å². The summed E-state index contributed by atoms with van der Waals surface area (Å²) in [5, 5.41) is 5.41. The lowest BCUT2D eigenvalue weighted by molar-refractivity contribution is -0.119. The Hall–Kier alpha value is -1.07. The van der Waals surface area contributed by atoms with E-state index in [2.05, 4.69) is 5.32 Å². The molecule has 20 heavy (non-hydrogen) atoms. The second-order valence-corrected chi connectivity index (χ2v) is 7.07. The molecule has 2 fully saturated rings. The maximum Gasteiger partial charge on any atom is 0.265 e. The summed E-state index contributed by atoms with van der Waals surface area (Å²) < 4.78 is 0. The third-order valence-electron chi connectivity index (χ3n) is 4.40. The van der Waals surface area contributed by atoms with E-state index in [1.54, 1.807) is 0 Å². The molecule has 1 aromatic rings. The molecule has 4 nitrogen and oxygen atoms in total. The fourth-order valence-corrected chi connectivity index (χ4v) is 4.25. The van der Waals surface area contributed by atoms with Crippen molar-refractivity contribution in [3.05, 3.63) is 20.8 Å². The summed E-state index contributed by atoms with van der Waals surface area (Å²) in [6.45, 7) is 4.09. The molecule has 0 radical (unpaired) electrons. The fraction of sp³-hybridized carbons (Fsp3) is 0.571. The summed E-state index contributed by atoms with van der Waals surface area (Å²) in [6.07, 6.45) is 2.38. The highest BCUT2D eigenvalue weighted by molar-refractivity contribution is 7.13. The van der Waals surface area contributed by atoms with Crippen LogP contribution in [0, 0.1) is 12.3 Å². The van der Waals surface area contributed by atoms with Crippen LogP contribution in [0.4, 0.5) is 0 Å². The molecule has 0 bridgehead atoms. The van der Waals surface area contributed by atoms with Crippen molar-refractivity contribution < 1.29 is 9.59 Å². The molecule has 0 saturated carbocycles. The number of rotatable bonds is 1. The topological polar surface area (TPSA) is 49.4 Å². The standard InChI is InChI=1S/C14H17ClN2O2S/c1-9-7-20-12(11(9)15)13(19)17-4-2-14(3-5-17)6-10(18)16-8-14/h7H,2-6,8H2,1H3,(H,16,18). The highest BCUT2D eigenvalue weighted by atomic mass is 35.5. The number of halogens is 1. The van der Waals surface area contributed by atoms with Gasteiger partial charge in [-0.3, -0.25) is 9.59 Å². The first-order chi connectivity index (χ1) is 9.51. The minimum Gasteiger partial charge on any atom is -0.356 e. The molecule has 1 aromatic heterocycles. The van der Waals surface area contributed by atoms with Crippen LogP contribution < -0.4 is 5.32 Å². The van der Waals surface area contributed by atoms with Crippen molar-refractivity contribution >= 4 is 34.8 Å². The summed E-state index contributed by atoms with van der Waals surface area (Å²) in [5.74, 6) is 0.168. The number of nitrogens with one attached hydrogen (secondary N) is 1. The zero-order valence-corrected chi connectivity index (χ0v) is 12.9. The van der Waals surface area contributed by atoms with Crippen molar-refractivity contribution in [3.63, 3.8) is 0 Å². The van der Waals surface area contributed by atoms with Gasteiger partial charge in [-0.1, -0.05) is 11.6 Å². The van der Waals surface area contributed by atoms with E-state index in [1.807, 2.05) is 17.2 Å². The van der Waals surface area contributed by atoms with Gasteiger partial charge >= 0.3 is 0 Å². The minimum absolute atomic E-state index is 0.0280. The van der Waals surface area contributed by atoms with Crippen molar-refractivity contribution in [3.8, 4) is 0 Å². The van der Waals surface area contributed by atoms with E-state index >= 15 is 0 Å². The Balaban J connectivity index is 1.68. The number of piperidine rings is 1. The zero-order chi connectivity index (χ0) is 14.3. The number of hydrogen-bond donors (Lipinski definition) is 1. The van der Waals surface area contributed by atoms with E-state index in [0.717, 1.165) is 24.9 Å². The highest BCUT2D eigenvalue weighted by Crippen LogP contribution is 2.38. The van der Waals surface area contributed by atoms with Crippen molar-refractivity contribution in [1.29, 1.82) is 0 Å². The Kier molecular flexibility index (Phi) is 3.50. The number of carbonyl (C=O) groups excluding carboxylic acids is 2. The molecule has 1 spiro atoms. The molecule has 0 aliphatic carbocycles. The molecular weight excluding hydrogens is 296 g/mol. The van der Waals surface area contributed by atoms with Crippen molar-refractivity contribution in [1.82, 2.24) is 10.2 Å². The number of aryl methyl sites for hydroxylation is 1. The van der Waals surface area contributed by atoms with Gasteiger partial charge in [-0.25, -0.2) is 0 Å². The molecule has 3 heterocycles. The lowest BCUT2D eigenvalue weighted by atomic mass is 9.77. The van der Waals surface area contributed by atoms with Crippen LogP contribution in [0.3, 0.4) is 0 Å². The molecular formula is C14H17ClN2O2S. The average molecular weight is 313 g/mol. The Morgan fingerprint density at radius 2 is 2.15 bits per heavy atom. The molecule has 0 atom stereocenters. The molecule has 0 unspecified atom stereocenters. The summed E-state index contributed by atoms with van der Waals surface area (Å²) >= 11 is 7.58. The maximum absolute atomic E-state index is 12.5. The first-order valence-electron chi connectivity index (χ1n) is 6.80. The molecule has 3 rings (SSSR count). The third-order valence-corrected chi connectivity index (χ3v) is 6.09. The van der Waals surface area contributed by atoms with E-state index in [-0.39, 0.29) is 17.2 Å². The normalized spacial score (nSPS) is 21.3. The van der Waals surface area contributed by atoms with Crippen LogP contribution in [-0.2, 0) is 4.79 Å². The van der Waals surface area contributed by atoms with E-state index in [1.165, 1.54) is 11.3 Å². The van der Waals surface area contributed by atoms with Gasteiger partial charge in [-0.05, 0) is 36.1 Å². The molecule has 2 aliphatic rings. The van der Waals surface area contributed by atoms with Gasteiger partial charge in [-0.2, -0.15) is 0 Å². The van der Waals surface area contributed by atoms with Gasteiger partial charge in [0.1, 0.15) is 4.88 Å². The van der Waals surface area contributed by atoms with Crippen molar-refractivity contribution in [2.24, 2.45) is 5.41 Å². The molecule has 1 N–H and O–H groups in total. The van der Waals surface area contributed by atoms with E-state index < -0.39 is 0 Å². The first kappa shape index (κ1) is 13.9. The van der Waals surface area contributed by atoms with Gasteiger partial charge in [0, 0.05) is 26.1 Å². The zero-order valence-electron chi connectivity index (χ0n) is 11.4. The largest absolute Gasteiger partial charge is 0.356 e. The van der Waals surface area contributed by atoms with Crippen molar-refractivity contribution in [2.45, 2.75) is 26.2 Å². The number of hydrogen-bond acceptors (Lipinski definition) is 3. The average Bonchev–Trinajstić information content (AvgIpc) is 2.95. The molecule has 6 heteroatoms. The van der Waals surface area contributed by atoms with Gasteiger partial charge in [-0.15, -0.1) is 11.3 Å². The van der Waals surface area contributed by atoms with Crippen LogP contribution in [0.1, 0.15) is 34.5 Å². The summed E-state index contributed by atoms with van der Waals surface area (Å²) in [7, 11) is 0. The van der Waals surface area contributed by atoms with Crippen LogP contribution in [0.15, 0.2) is 5.38 Å². The number of carbonyl (C=O) groups is 2. The number of likely N-dealkylation sites (tertiary alicyclic amines) is 1. The van der Waals surface area contributed by atoms with Gasteiger partial charge < -0.3 is 10.2 Å². The minimum atomic E-state index is 0.0280. The SMILES string of the molecule is Cc1csc(C(=O)N2CCC3(CC2)CNC(=O)C3)c1Cl. The van der Waals surface area contributed by atoms with E-state index in [9.17, 15) is 9.59 Å². The fourth-order valence-electron chi connectivity index (χ4n) is 3.01. The van der Waals surface area contributed by atoms with Crippen molar-refractivity contribution in [2.75, 3.05) is 19.6 Å². The Morgan fingerprint density at radius 3 is 2.65 bits per heavy atom. The molecule has 0 aromatic carbocycles. The monoisotopic (exact) mass is 312 g/mol. The number of nitrogens with zero attached hydrogens (tertiary/aromatic N) is 1. The highest BCUT2D eigenvalue weighted by Gasteiger charge is 2.42. The molecule has 2 saturated heterocycles. The lowest BCUT2D eigenvalue weighted by Gasteiger charge is -2.38. The molecule has 2 aliphatic heterocycles. The molecule has 2 amide bonds. The Morgan fingerprint density at radius 1 is 1.45 bits per heavy atom. The van der Waals surface area contributed by atoms with E-state index in [0.29, 0.717) is 29.4 Å². The van der Waals surface area contributed by atoms with Crippen LogP contribution in [-0.4, -0.2) is 36.3 Å². The lowest BCUT2D eigenvalue weighted by Crippen LogP contribution is -2.43. The quantitative estimate of drug-likeness (QED) is 0.866. The Labute approximate surface area is 127 Å². The second kappa shape index (κ2) is 5.04. The number of thiophene rings is 1. The Bertz CT molecular complexity index is 562. The van der Waals surface area contributed by atoms with Crippen LogP contribution in [0.2, 0.25) is 5.02 Å². The maximum atomic E-state index is 12.5. The predicted molar refractivity (Wildman–Crippen MR) is 79.3 cm³/mol. The predicted octanol–water partition coefficient (Wildman–Crippen LogP) is 2.45. The third kappa shape index (κ3) is 2.33.